The van der Waals surface area contributed by atoms with Gasteiger partial charge in [0.05, 0.1) is 6.10 Å². The van der Waals surface area contributed by atoms with Gasteiger partial charge in [0.1, 0.15) is 0 Å². The first-order chi connectivity index (χ1) is 7.28. The van der Waals surface area contributed by atoms with E-state index in [0.717, 1.165) is 30.8 Å². The predicted molar refractivity (Wildman–Crippen MR) is 62.9 cm³/mol. The summed E-state index contributed by atoms with van der Waals surface area (Å²) in [4.78, 5) is 0. The van der Waals surface area contributed by atoms with Crippen LogP contribution in [0.1, 0.15) is 19.8 Å². The molecule has 0 radical (unpaired) electrons. The van der Waals surface area contributed by atoms with Gasteiger partial charge in [-0.15, -0.1) is 0 Å². The first-order valence-electron chi connectivity index (χ1n) is 5.51. The standard InChI is InChI=1S/C12H18N2O/c1-2-15-12-7-11(8-12)14-10-5-3-9(13)4-6-10/h3-6,11-12,14H,2,7-8,13H2,1H3. The molecule has 0 aromatic heterocycles. The molecular formula is C12H18N2O. The number of benzene rings is 1. The molecule has 3 heteroatoms. The number of rotatable bonds is 4. The van der Waals surface area contributed by atoms with Gasteiger partial charge in [0.25, 0.3) is 0 Å². The van der Waals surface area contributed by atoms with Crippen molar-refractivity contribution < 1.29 is 4.74 Å². The molecule has 0 atom stereocenters. The normalized spacial score (nSPS) is 24.6. The van der Waals surface area contributed by atoms with Crippen LogP contribution in [0.15, 0.2) is 24.3 Å². The summed E-state index contributed by atoms with van der Waals surface area (Å²) in [5.74, 6) is 0. The maximum absolute atomic E-state index is 5.62. The number of hydrogen-bond acceptors (Lipinski definition) is 3. The van der Waals surface area contributed by atoms with Gasteiger partial charge in [-0.3, -0.25) is 0 Å². The molecule has 1 fully saturated rings. The summed E-state index contributed by atoms with van der Waals surface area (Å²) in [6.45, 7) is 2.86. The third-order valence-electron chi connectivity index (χ3n) is 2.78. The van der Waals surface area contributed by atoms with Crippen LogP contribution < -0.4 is 11.1 Å². The summed E-state index contributed by atoms with van der Waals surface area (Å²) in [7, 11) is 0. The van der Waals surface area contributed by atoms with Gasteiger partial charge in [0, 0.05) is 24.0 Å². The van der Waals surface area contributed by atoms with Crippen LogP contribution in [0.4, 0.5) is 11.4 Å². The van der Waals surface area contributed by atoms with Crippen molar-refractivity contribution in [1.82, 2.24) is 0 Å². The Morgan fingerprint density at radius 1 is 1.33 bits per heavy atom. The Kier molecular flexibility index (Phi) is 3.11. The summed E-state index contributed by atoms with van der Waals surface area (Å²) in [5, 5.41) is 3.46. The molecule has 1 aromatic carbocycles. The largest absolute Gasteiger partial charge is 0.399 e. The lowest BCUT2D eigenvalue weighted by Crippen LogP contribution is -2.40. The van der Waals surface area contributed by atoms with E-state index in [-0.39, 0.29) is 0 Å². The second-order valence-electron chi connectivity index (χ2n) is 4.01. The quantitative estimate of drug-likeness (QED) is 0.743. The van der Waals surface area contributed by atoms with Crippen molar-refractivity contribution in [2.75, 3.05) is 17.7 Å². The smallest absolute Gasteiger partial charge is 0.0614 e. The van der Waals surface area contributed by atoms with E-state index in [9.17, 15) is 0 Å². The van der Waals surface area contributed by atoms with Gasteiger partial charge in [-0.25, -0.2) is 0 Å². The molecule has 0 aliphatic heterocycles. The Morgan fingerprint density at radius 2 is 2.00 bits per heavy atom. The van der Waals surface area contributed by atoms with Gasteiger partial charge >= 0.3 is 0 Å². The molecule has 3 nitrogen and oxygen atoms in total. The first-order valence-corrected chi connectivity index (χ1v) is 5.51. The number of ether oxygens (including phenoxy) is 1. The third-order valence-corrected chi connectivity index (χ3v) is 2.78. The van der Waals surface area contributed by atoms with Crippen LogP contribution in [0, 0.1) is 0 Å². The van der Waals surface area contributed by atoms with Gasteiger partial charge in [0.15, 0.2) is 0 Å². The van der Waals surface area contributed by atoms with E-state index in [1.807, 2.05) is 31.2 Å². The van der Waals surface area contributed by atoms with Gasteiger partial charge in [0.2, 0.25) is 0 Å². The van der Waals surface area contributed by atoms with Crippen molar-refractivity contribution in [3.05, 3.63) is 24.3 Å². The average molecular weight is 206 g/mol. The van der Waals surface area contributed by atoms with Gasteiger partial charge < -0.3 is 15.8 Å². The van der Waals surface area contributed by atoms with Crippen LogP contribution in [-0.2, 0) is 4.74 Å². The lowest BCUT2D eigenvalue weighted by Gasteiger charge is -2.36. The molecule has 1 aromatic rings. The zero-order valence-electron chi connectivity index (χ0n) is 9.07. The summed E-state index contributed by atoms with van der Waals surface area (Å²) in [6, 6.07) is 8.43. The average Bonchev–Trinajstić information content (AvgIpc) is 2.18. The highest BCUT2D eigenvalue weighted by Crippen LogP contribution is 2.26. The minimum atomic E-state index is 0.460. The minimum absolute atomic E-state index is 0.460. The maximum Gasteiger partial charge on any atom is 0.0614 e. The van der Waals surface area contributed by atoms with Crippen LogP contribution in [0.5, 0.6) is 0 Å². The highest BCUT2D eigenvalue weighted by Gasteiger charge is 2.29. The predicted octanol–water partition coefficient (Wildman–Crippen LogP) is 2.25. The topological polar surface area (TPSA) is 47.3 Å². The molecule has 0 amide bonds. The first kappa shape index (κ1) is 10.3. The molecule has 2 rings (SSSR count). The Balaban J connectivity index is 1.77. The number of nitrogens with two attached hydrogens (primary N) is 1. The lowest BCUT2D eigenvalue weighted by atomic mass is 9.89. The molecule has 1 aliphatic carbocycles. The molecular weight excluding hydrogens is 188 g/mol. The summed E-state index contributed by atoms with van der Waals surface area (Å²) in [5.41, 5.74) is 7.57. The van der Waals surface area contributed by atoms with E-state index in [1.54, 1.807) is 0 Å². The van der Waals surface area contributed by atoms with E-state index in [1.165, 1.54) is 0 Å². The molecule has 0 unspecified atom stereocenters. The SMILES string of the molecule is CCOC1CC(Nc2ccc(N)cc2)C1. The second kappa shape index (κ2) is 4.53. The van der Waals surface area contributed by atoms with Crippen molar-refractivity contribution in [3.8, 4) is 0 Å². The molecule has 1 saturated carbocycles. The summed E-state index contributed by atoms with van der Waals surface area (Å²) >= 11 is 0. The number of nitrogen functional groups attached to an aromatic ring is 1. The number of anilines is 2. The van der Waals surface area contributed by atoms with E-state index >= 15 is 0 Å². The van der Waals surface area contributed by atoms with Crippen molar-refractivity contribution >= 4 is 11.4 Å². The van der Waals surface area contributed by atoms with E-state index < -0.39 is 0 Å². The summed E-state index contributed by atoms with van der Waals surface area (Å²) in [6.07, 6.45) is 2.68. The van der Waals surface area contributed by atoms with Crippen LogP contribution >= 0.6 is 0 Å². The molecule has 82 valence electrons. The van der Waals surface area contributed by atoms with Gasteiger partial charge in [-0.1, -0.05) is 0 Å². The highest BCUT2D eigenvalue weighted by atomic mass is 16.5. The fourth-order valence-corrected chi connectivity index (χ4v) is 1.87. The Hall–Kier alpha value is -1.22. The van der Waals surface area contributed by atoms with Crippen molar-refractivity contribution in [2.24, 2.45) is 0 Å². The zero-order chi connectivity index (χ0) is 10.7. The molecule has 0 spiro atoms. The van der Waals surface area contributed by atoms with Crippen LogP contribution in [-0.4, -0.2) is 18.8 Å². The number of nitrogens with one attached hydrogen (secondary N) is 1. The zero-order valence-corrected chi connectivity index (χ0v) is 9.07. The van der Waals surface area contributed by atoms with Crippen molar-refractivity contribution in [3.63, 3.8) is 0 Å². The highest BCUT2D eigenvalue weighted by molar-refractivity contribution is 5.51. The van der Waals surface area contributed by atoms with Crippen molar-refractivity contribution in [1.29, 1.82) is 0 Å². The van der Waals surface area contributed by atoms with Gasteiger partial charge in [-0.2, -0.15) is 0 Å². The molecule has 0 heterocycles. The minimum Gasteiger partial charge on any atom is -0.399 e. The third kappa shape index (κ3) is 2.63. The number of hydrogen-bond donors (Lipinski definition) is 2. The monoisotopic (exact) mass is 206 g/mol. The molecule has 1 aliphatic rings. The molecule has 3 N–H and O–H groups in total. The second-order valence-corrected chi connectivity index (χ2v) is 4.01. The summed E-state index contributed by atoms with van der Waals surface area (Å²) < 4.78 is 5.50. The van der Waals surface area contributed by atoms with Crippen LogP contribution in [0.3, 0.4) is 0 Å². The molecule has 0 bridgehead atoms. The van der Waals surface area contributed by atoms with E-state index in [0.29, 0.717) is 12.1 Å². The Labute approximate surface area is 90.6 Å². The van der Waals surface area contributed by atoms with Crippen LogP contribution in [0.25, 0.3) is 0 Å². The Bertz CT molecular complexity index is 304. The van der Waals surface area contributed by atoms with Crippen molar-refractivity contribution in [2.45, 2.75) is 31.9 Å². The molecule has 15 heavy (non-hydrogen) atoms. The van der Waals surface area contributed by atoms with E-state index in [2.05, 4.69) is 5.32 Å². The fourth-order valence-electron chi connectivity index (χ4n) is 1.87. The molecule has 0 saturated heterocycles. The Morgan fingerprint density at radius 3 is 2.60 bits per heavy atom. The lowest BCUT2D eigenvalue weighted by molar-refractivity contribution is 0.00299. The fraction of sp³-hybridized carbons (Fsp3) is 0.500. The maximum atomic E-state index is 5.62. The van der Waals surface area contributed by atoms with Gasteiger partial charge in [-0.05, 0) is 44.0 Å². The van der Waals surface area contributed by atoms with Crippen LogP contribution in [0.2, 0.25) is 0 Å². The van der Waals surface area contributed by atoms with E-state index in [4.69, 9.17) is 10.5 Å².